The van der Waals surface area contributed by atoms with Gasteiger partial charge < -0.3 is 19.2 Å². The van der Waals surface area contributed by atoms with Crippen LogP contribution >= 0.6 is 11.8 Å². The van der Waals surface area contributed by atoms with Gasteiger partial charge in [-0.2, -0.15) is 5.26 Å². The second-order valence-electron chi connectivity index (χ2n) is 7.57. The summed E-state index contributed by atoms with van der Waals surface area (Å²) in [5.74, 6) is 0.624. The van der Waals surface area contributed by atoms with E-state index in [9.17, 15) is 10.1 Å². The van der Waals surface area contributed by atoms with E-state index in [1.54, 1.807) is 0 Å². The third-order valence-corrected chi connectivity index (χ3v) is 6.72. The number of benzene rings is 1. The maximum absolute atomic E-state index is 12.8. The molecule has 1 aliphatic heterocycles. The summed E-state index contributed by atoms with van der Waals surface area (Å²) in [5.41, 5.74) is 4.34. The number of hydrogen-bond acceptors (Lipinski definition) is 5. The molecular weight excluding hydrogens is 398 g/mol. The fourth-order valence-corrected chi connectivity index (χ4v) is 4.69. The molecule has 0 bridgehead atoms. The summed E-state index contributed by atoms with van der Waals surface area (Å²) in [6, 6.07) is 10.2. The minimum Gasteiger partial charge on any atom is -0.376 e. The quantitative estimate of drug-likeness (QED) is 0.610. The Kier molecular flexibility index (Phi) is 5.84. The van der Waals surface area contributed by atoms with Crippen LogP contribution in [-0.2, 0) is 23.1 Å². The van der Waals surface area contributed by atoms with Gasteiger partial charge in [-0.25, -0.2) is 4.98 Å². The van der Waals surface area contributed by atoms with Crippen molar-refractivity contribution in [1.29, 1.82) is 5.26 Å². The molecule has 0 radical (unpaired) electrons. The van der Waals surface area contributed by atoms with Crippen molar-refractivity contribution >= 4 is 34.5 Å². The number of imidazole rings is 1. The van der Waals surface area contributed by atoms with Crippen LogP contribution in [0.3, 0.4) is 0 Å². The SMILES string of the molecule is Cc1c(C#N)c(NC(=O)CSc2nc3ccccc3n2C)n(C[C@@H]2CCCO2)c1C. The molecule has 156 valence electrons. The molecule has 1 fully saturated rings. The van der Waals surface area contributed by atoms with E-state index in [4.69, 9.17) is 4.74 Å². The van der Waals surface area contributed by atoms with E-state index in [-0.39, 0.29) is 17.8 Å². The van der Waals surface area contributed by atoms with E-state index < -0.39 is 0 Å². The highest BCUT2D eigenvalue weighted by atomic mass is 32.2. The second kappa shape index (κ2) is 8.54. The number of thioether (sulfide) groups is 1. The fourth-order valence-electron chi connectivity index (χ4n) is 3.90. The molecule has 8 heteroatoms. The maximum Gasteiger partial charge on any atom is 0.235 e. The molecule has 30 heavy (non-hydrogen) atoms. The minimum absolute atomic E-state index is 0.118. The first-order chi connectivity index (χ1) is 14.5. The Balaban J connectivity index is 1.51. The molecule has 3 heterocycles. The van der Waals surface area contributed by atoms with Crippen molar-refractivity contribution in [2.24, 2.45) is 7.05 Å². The minimum atomic E-state index is -0.158. The summed E-state index contributed by atoms with van der Waals surface area (Å²) in [6.45, 7) is 5.31. The van der Waals surface area contributed by atoms with Gasteiger partial charge in [0, 0.05) is 19.3 Å². The van der Waals surface area contributed by atoms with Crippen LogP contribution in [-0.4, -0.2) is 38.5 Å². The summed E-state index contributed by atoms with van der Waals surface area (Å²) < 4.78 is 9.77. The zero-order valence-corrected chi connectivity index (χ0v) is 18.3. The number of nitriles is 1. The first-order valence-electron chi connectivity index (χ1n) is 10.0. The predicted molar refractivity (Wildman–Crippen MR) is 118 cm³/mol. The number of rotatable bonds is 6. The average molecular weight is 424 g/mol. The van der Waals surface area contributed by atoms with Gasteiger partial charge in [0.25, 0.3) is 0 Å². The number of carbonyl (C=O) groups excluding carboxylic acids is 1. The average Bonchev–Trinajstić information content (AvgIpc) is 3.42. The van der Waals surface area contributed by atoms with Crippen LogP contribution in [0.2, 0.25) is 0 Å². The van der Waals surface area contributed by atoms with Crippen LogP contribution in [0.15, 0.2) is 29.4 Å². The highest BCUT2D eigenvalue weighted by Crippen LogP contribution is 2.29. The summed E-state index contributed by atoms with van der Waals surface area (Å²) >= 11 is 1.39. The number of aromatic nitrogens is 3. The monoisotopic (exact) mass is 423 g/mol. The van der Waals surface area contributed by atoms with Crippen LogP contribution < -0.4 is 5.32 Å². The van der Waals surface area contributed by atoms with E-state index in [2.05, 4.69) is 16.4 Å². The Hall–Kier alpha value is -2.76. The molecule has 1 N–H and O–H groups in total. The number of anilines is 1. The largest absolute Gasteiger partial charge is 0.376 e. The summed E-state index contributed by atoms with van der Waals surface area (Å²) in [4.78, 5) is 17.4. The Morgan fingerprint density at radius 2 is 2.20 bits per heavy atom. The topological polar surface area (TPSA) is 84.9 Å². The third-order valence-electron chi connectivity index (χ3n) is 5.69. The van der Waals surface area contributed by atoms with Crippen molar-refractivity contribution in [3.8, 4) is 6.07 Å². The summed E-state index contributed by atoms with van der Waals surface area (Å²) in [7, 11) is 1.95. The van der Waals surface area contributed by atoms with Crippen LogP contribution in [0.25, 0.3) is 11.0 Å². The summed E-state index contributed by atoms with van der Waals surface area (Å²) in [6.07, 6.45) is 2.16. The van der Waals surface area contributed by atoms with Gasteiger partial charge in [-0.3, -0.25) is 4.79 Å². The van der Waals surface area contributed by atoms with Gasteiger partial charge in [0.15, 0.2) is 5.16 Å². The summed E-state index contributed by atoms with van der Waals surface area (Å²) in [5, 5.41) is 13.4. The van der Waals surface area contributed by atoms with Crippen molar-refractivity contribution < 1.29 is 9.53 Å². The molecule has 0 saturated carbocycles. The molecule has 7 nitrogen and oxygen atoms in total. The zero-order chi connectivity index (χ0) is 21.3. The number of amides is 1. The molecule has 2 aromatic heterocycles. The van der Waals surface area contributed by atoms with Gasteiger partial charge in [-0.15, -0.1) is 0 Å². The van der Waals surface area contributed by atoms with E-state index in [0.29, 0.717) is 17.9 Å². The molecular formula is C22H25N5O2S. The van der Waals surface area contributed by atoms with Gasteiger partial charge in [0.1, 0.15) is 11.9 Å². The molecule has 1 saturated heterocycles. The lowest BCUT2D eigenvalue weighted by molar-refractivity contribution is -0.113. The first kappa shape index (κ1) is 20.5. The number of nitrogens with one attached hydrogen (secondary N) is 1. The molecule has 1 amide bonds. The third kappa shape index (κ3) is 3.83. The lowest BCUT2D eigenvalue weighted by Crippen LogP contribution is -2.22. The molecule has 0 unspecified atom stereocenters. The Morgan fingerprint density at radius 3 is 2.90 bits per heavy atom. The van der Waals surface area contributed by atoms with E-state index in [1.165, 1.54) is 11.8 Å². The van der Waals surface area contributed by atoms with E-state index in [0.717, 1.165) is 46.9 Å². The fraction of sp³-hybridized carbons (Fsp3) is 0.409. The first-order valence-corrected chi connectivity index (χ1v) is 11.0. The van der Waals surface area contributed by atoms with Crippen molar-refractivity contribution in [2.75, 3.05) is 17.7 Å². The number of para-hydroxylation sites is 2. The van der Waals surface area contributed by atoms with Gasteiger partial charge in [-0.05, 0) is 44.4 Å². The van der Waals surface area contributed by atoms with Crippen molar-refractivity contribution in [2.45, 2.75) is 44.5 Å². The Bertz CT molecular complexity index is 1130. The van der Waals surface area contributed by atoms with Crippen LogP contribution in [0.1, 0.15) is 29.7 Å². The Morgan fingerprint density at radius 1 is 1.40 bits per heavy atom. The van der Waals surface area contributed by atoms with Crippen molar-refractivity contribution in [3.05, 3.63) is 41.1 Å². The number of hydrogen-bond donors (Lipinski definition) is 1. The Labute approximate surface area is 180 Å². The number of nitrogens with zero attached hydrogens (tertiary/aromatic N) is 4. The normalized spacial score (nSPS) is 16.1. The van der Waals surface area contributed by atoms with E-state index in [1.807, 2.05) is 54.3 Å². The zero-order valence-electron chi connectivity index (χ0n) is 17.4. The van der Waals surface area contributed by atoms with Crippen molar-refractivity contribution in [1.82, 2.24) is 14.1 Å². The predicted octanol–water partition coefficient (Wildman–Crippen LogP) is 3.77. The number of fused-ring (bicyclic) bond motifs is 1. The molecule has 1 aliphatic rings. The number of ether oxygens (including phenoxy) is 1. The number of aryl methyl sites for hydroxylation is 1. The molecule has 0 aliphatic carbocycles. The molecule has 4 rings (SSSR count). The van der Waals surface area contributed by atoms with Gasteiger partial charge in [0.05, 0.1) is 35.0 Å². The second-order valence-corrected chi connectivity index (χ2v) is 8.51. The van der Waals surface area contributed by atoms with Gasteiger partial charge in [-0.1, -0.05) is 23.9 Å². The maximum atomic E-state index is 12.8. The number of carbonyl (C=O) groups is 1. The standard InChI is InChI=1S/C22H25N5O2S/c1-14-15(2)27(12-16-7-6-10-29-16)21(17(14)11-23)25-20(28)13-30-22-24-18-8-4-5-9-19(18)26(22)3/h4-5,8-9,16H,6-7,10,12-13H2,1-3H3,(H,25,28)/t16-/m0/s1. The van der Waals surface area contributed by atoms with Crippen LogP contribution in [0, 0.1) is 25.2 Å². The molecule has 1 atom stereocenters. The molecule has 3 aromatic rings. The smallest absolute Gasteiger partial charge is 0.235 e. The highest BCUT2D eigenvalue weighted by Gasteiger charge is 2.24. The lowest BCUT2D eigenvalue weighted by atomic mass is 10.2. The van der Waals surface area contributed by atoms with E-state index >= 15 is 0 Å². The van der Waals surface area contributed by atoms with Gasteiger partial charge in [0.2, 0.25) is 5.91 Å². The molecule has 0 spiro atoms. The highest BCUT2D eigenvalue weighted by molar-refractivity contribution is 7.99. The van der Waals surface area contributed by atoms with Gasteiger partial charge >= 0.3 is 0 Å². The van der Waals surface area contributed by atoms with Crippen molar-refractivity contribution in [3.63, 3.8) is 0 Å². The molecule has 1 aromatic carbocycles. The van der Waals surface area contributed by atoms with Crippen LogP contribution in [0.5, 0.6) is 0 Å². The van der Waals surface area contributed by atoms with Crippen LogP contribution in [0.4, 0.5) is 5.82 Å². The lowest BCUT2D eigenvalue weighted by Gasteiger charge is -2.16.